The highest BCUT2D eigenvalue weighted by atomic mass is 32.2. The molecule has 0 fully saturated rings. The fourth-order valence-electron chi connectivity index (χ4n) is 3.36. The molecular weight excluding hydrogens is 330 g/mol. The molecule has 25 heavy (non-hydrogen) atoms. The molecule has 4 nitrogen and oxygen atoms in total. The second kappa shape index (κ2) is 6.08. The Morgan fingerprint density at radius 1 is 1.16 bits per heavy atom. The van der Waals surface area contributed by atoms with Crippen LogP contribution in [0.5, 0.6) is 0 Å². The minimum absolute atomic E-state index is 0.0638. The van der Waals surface area contributed by atoms with E-state index in [9.17, 15) is 4.79 Å². The number of aromatic nitrogens is 2. The van der Waals surface area contributed by atoms with Crippen molar-refractivity contribution < 1.29 is 4.79 Å². The van der Waals surface area contributed by atoms with Crippen molar-refractivity contribution in [2.75, 3.05) is 11.9 Å². The fraction of sp³-hybridized carbons (Fsp3) is 0.200. The molecule has 0 atom stereocenters. The molecule has 4 rings (SSSR count). The lowest BCUT2D eigenvalue weighted by atomic mass is 10.1. The van der Waals surface area contributed by atoms with Gasteiger partial charge in [0.1, 0.15) is 0 Å². The Morgan fingerprint density at radius 2 is 1.88 bits per heavy atom. The standard InChI is InChI=1S/C20H19N3OS/c1-13-8-4-6-10-16(13)22(2)20(24)18-15-12-25-17-11-7-5-9-14(17)19(15)23(3)21-18/h4-11H,12H2,1-3H3. The van der Waals surface area contributed by atoms with Gasteiger partial charge in [0, 0.05) is 41.6 Å². The smallest absolute Gasteiger partial charge is 0.278 e. The number of fused-ring (bicyclic) bond motifs is 3. The number of nitrogens with zero attached hydrogens (tertiary/aromatic N) is 3. The van der Waals surface area contributed by atoms with Crippen molar-refractivity contribution in [2.45, 2.75) is 17.6 Å². The summed E-state index contributed by atoms with van der Waals surface area (Å²) < 4.78 is 1.84. The van der Waals surface area contributed by atoms with Gasteiger partial charge in [0.15, 0.2) is 5.69 Å². The van der Waals surface area contributed by atoms with Crippen LogP contribution in [0.2, 0.25) is 0 Å². The van der Waals surface area contributed by atoms with Gasteiger partial charge < -0.3 is 4.90 Å². The lowest BCUT2D eigenvalue weighted by Crippen LogP contribution is -2.28. The van der Waals surface area contributed by atoms with E-state index in [1.165, 1.54) is 4.90 Å². The Hall–Kier alpha value is -2.53. The number of benzene rings is 2. The average Bonchev–Trinajstić information content (AvgIpc) is 2.98. The molecule has 1 aromatic heterocycles. The molecule has 0 N–H and O–H groups in total. The zero-order chi connectivity index (χ0) is 17.6. The van der Waals surface area contributed by atoms with Crippen molar-refractivity contribution in [3.63, 3.8) is 0 Å². The zero-order valence-corrected chi connectivity index (χ0v) is 15.3. The number of anilines is 1. The van der Waals surface area contributed by atoms with Gasteiger partial charge in [-0.25, -0.2) is 0 Å². The van der Waals surface area contributed by atoms with E-state index in [-0.39, 0.29) is 5.91 Å². The summed E-state index contributed by atoms with van der Waals surface area (Å²) in [6, 6.07) is 16.2. The first-order chi connectivity index (χ1) is 12.1. The lowest BCUT2D eigenvalue weighted by molar-refractivity contribution is 0.0987. The third-order valence-electron chi connectivity index (χ3n) is 4.64. The molecule has 0 spiro atoms. The first-order valence-corrected chi connectivity index (χ1v) is 9.18. The zero-order valence-electron chi connectivity index (χ0n) is 14.5. The van der Waals surface area contributed by atoms with E-state index in [2.05, 4.69) is 17.2 Å². The summed E-state index contributed by atoms with van der Waals surface area (Å²) in [5.41, 5.74) is 5.76. The van der Waals surface area contributed by atoms with Crippen LogP contribution in [0.1, 0.15) is 21.6 Å². The molecule has 0 unspecified atom stereocenters. The van der Waals surface area contributed by atoms with Gasteiger partial charge in [-0.3, -0.25) is 9.48 Å². The third kappa shape index (κ3) is 2.55. The van der Waals surface area contributed by atoms with Crippen LogP contribution in [0.25, 0.3) is 11.3 Å². The predicted octanol–water partition coefficient (Wildman–Crippen LogP) is 4.28. The molecule has 1 aliphatic rings. The van der Waals surface area contributed by atoms with E-state index >= 15 is 0 Å². The maximum atomic E-state index is 13.1. The van der Waals surface area contributed by atoms with Crippen molar-refractivity contribution in [3.05, 3.63) is 65.4 Å². The Balaban J connectivity index is 1.79. The molecule has 1 amide bonds. The topological polar surface area (TPSA) is 38.1 Å². The number of rotatable bonds is 2. The van der Waals surface area contributed by atoms with Crippen LogP contribution in [0.3, 0.4) is 0 Å². The van der Waals surface area contributed by atoms with E-state index in [4.69, 9.17) is 0 Å². The summed E-state index contributed by atoms with van der Waals surface area (Å²) in [4.78, 5) is 16.1. The summed E-state index contributed by atoms with van der Waals surface area (Å²) in [5.74, 6) is 0.703. The van der Waals surface area contributed by atoms with Crippen molar-refractivity contribution in [1.82, 2.24) is 9.78 Å². The summed E-state index contributed by atoms with van der Waals surface area (Å²) in [7, 11) is 3.73. The van der Waals surface area contributed by atoms with E-state index in [1.54, 1.807) is 16.7 Å². The molecule has 1 aliphatic heterocycles. The number of thioether (sulfide) groups is 1. The number of para-hydroxylation sites is 1. The molecule has 2 heterocycles. The molecule has 126 valence electrons. The molecule has 3 aromatic rings. The van der Waals surface area contributed by atoms with E-state index in [0.717, 1.165) is 33.8 Å². The Morgan fingerprint density at radius 3 is 2.68 bits per heavy atom. The maximum Gasteiger partial charge on any atom is 0.278 e. The number of hydrogen-bond donors (Lipinski definition) is 0. The quantitative estimate of drug-likeness (QED) is 0.693. The molecular formula is C20H19N3OS. The van der Waals surface area contributed by atoms with E-state index < -0.39 is 0 Å². The van der Waals surface area contributed by atoms with E-state index in [0.29, 0.717) is 5.69 Å². The number of carbonyl (C=O) groups is 1. The van der Waals surface area contributed by atoms with Crippen molar-refractivity contribution in [3.8, 4) is 11.3 Å². The van der Waals surface area contributed by atoms with Gasteiger partial charge in [0.25, 0.3) is 5.91 Å². The maximum absolute atomic E-state index is 13.1. The number of carbonyl (C=O) groups excluding carboxylic acids is 1. The van der Waals surface area contributed by atoms with Crippen LogP contribution in [0.15, 0.2) is 53.4 Å². The van der Waals surface area contributed by atoms with Gasteiger partial charge in [0.05, 0.1) is 5.69 Å². The van der Waals surface area contributed by atoms with Crippen LogP contribution >= 0.6 is 11.8 Å². The average molecular weight is 349 g/mol. The number of aryl methyl sites for hydroxylation is 2. The van der Waals surface area contributed by atoms with Crippen molar-refractivity contribution >= 4 is 23.4 Å². The van der Waals surface area contributed by atoms with Gasteiger partial charge in [-0.1, -0.05) is 36.4 Å². The van der Waals surface area contributed by atoms with Crippen LogP contribution in [-0.4, -0.2) is 22.7 Å². The second-order valence-corrected chi connectivity index (χ2v) is 7.25. The normalized spacial score (nSPS) is 12.4. The summed E-state index contributed by atoms with van der Waals surface area (Å²) in [6.45, 7) is 2.01. The first kappa shape index (κ1) is 16.0. The van der Waals surface area contributed by atoms with Crippen molar-refractivity contribution in [1.29, 1.82) is 0 Å². The molecule has 5 heteroatoms. The largest absolute Gasteiger partial charge is 0.310 e. The second-order valence-electron chi connectivity index (χ2n) is 6.23. The first-order valence-electron chi connectivity index (χ1n) is 8.19. The molecule has 0 aliphatic carbocycles. The summed E-state index contributed by atoms with van der Waals surface area (Å²) in [6.07, 6.45) is 0. The Bertz CT molecular complexity index is 977. The highest BCUT2D eigenvalue weighted by molar-refractivity contribution is 7.98. The molecule has 2 aromatic carbocycles. The Labute approximate surface area is 151 Å². The van der Waals surface area contributed by atoms with Gasteiger partial charge in [0.2, 0.25) is 0 Å². The SMILES string of the molecule is Cc1ccccc1N(C)C(=O)c1nn(C)c2c1CSc1ccccc1-2. The van der Waals surface area contributed by atoms with Gasteiger partial charge >= 0.3 is 0 Å². The highest BCUT2D eigenvalue weighted by Crippen LogP contribution is 2.42. The highest BCUT2D eigenvalue weighted by Gasteiger charge is 2.29. The van der Waals surface area contributed by atoms with Crippen LogP contribution in [0, 0.1) is 6.92 Å². The molecule has 0 saturated heterocycles. The number of amides is 1. The molecule has 0 radical (unpaired) electrons. The predicted molar refractivity (Wildman–Crippen MR) is 102 cm³/mol. The number of hydrogen-bond acceptors (Lipinski definition) is 3. The van der Waals surface area contributed by atoms with Crippen molar-refractivity contribution in [2.24, 2.45) is 7.05 Å². The molecule has 0 saturated carbocycles. The minimum Gasteiger partial charge on any atom is -0.310 e. The van der Waals surface area contributed by atoms with Crippen LogP contribution in [-0.2, 0) is 12.8 Å². The van der Waals surface area contributed by atoms with Gasteiger partial charge in [-0.15, -0.1) is 11.8 Å². The van der Waals surface area contributed by atoms with Gasteiger partial charge in [-0.05, 0) is 24.6 Å². The van der Waals surface area contributed by atoms with E-state index in [1.807, 2.05) is 62.1 Å². The third-order valence-corrected chi connectivity index (χ3v) is 5.74. The summed E-state index contributed by atoms with van der Waals surface area (Å²) >= 11 is 1.76. The van der Waals surface area contributed by atoms with Gasteiger partial charge in [-0.2, -0.15) is 5.10 Å². The summed E-state index contributed by atoms with van der Waals surface area (Å²) in [5, 5.41) is 4.58. The molecule has 0 bridgehead atoms. The lowest BCUT2D eigenvalue weighted by Gasteiger charge is -2.20. The fourth-order valence-corrected chi connectivity index (χ4v) is 4.43. The minimum atomic E-state index is -0.0638. The monoisotopic (exact) mass is 349 g/mol. The van der Waals surface area contributed by atoms with Crippen LogP contribution in [0.4, 0.5) is 5.69 Å². The van der Waals surface area contributed by atoms with Crippen LogP contribution < -0.4 is 4.90 Å². The Kier molecular flexibility index (Phi) is 3.88.